The highest BCUT2D eigenvalue weighted by Gasteiger charge is 2.45. The van der Waals surface area contributed by atoms with Crippen LogP contribution >= 0.6 is 0 Å². The zero-order chi connectivity index (χ0) is 16.0. The van der Waals surface area contributed by atoms with Crippen molar-refractivity contribution in [1.29, 1.82) is 10.5 Å². The largest absolute Gasteiger partial charge is 0.494 e. The van der Waals surface area contributed by atoms with Crippen molar-refractivity contribution in [3.05, 3.63) is 29.6 Å². The third-order valence-electron chi connectivity index (χ3n) is 3.29. The Balaban J connectivity index is 3.45. The molecule has 1 rings (SSSR count). The average Bonchev–Trinajstić information content (AvgIpc) is 2.48. The summed E-state index contributed by atoms with van der Waals surface area (Å²) in [7, 11) is 1.32. The van der Waals surface area contributed by atoms with E-state index in [2.05, 4.69) is 0 Å². The normalized spacial score (nSPS) is 12.9. The van der Waals surface area contributed by atoms with E-state index >= 15 is 0 Å². The molecule has 0 amide bonds. The summed E-state index contributed by atoms with van der Waals surface area (Å²) in [6.07, 6.45) is 0. The number of nitriles is 2. The lowest BCUT2D eigenvalue weighted by molar-refractivity contribution is -0.150. The fourth-order valence-corrected chi connectivity index (χ4v) is 1.96. The molecule has 0 fully saturated rings. The van der Waals surface area contributed by atoms with Crippen LogP contribution in [0.4, 0.5) is 4.39 Å². The number of nitrogens with zero attached hydrogens (tertiary/aromatic N) is 2. The quantitative estimate of drug-likeness (QED) is 0.777. The molecule has 0 unspecified atom stereocenters. The van der Waals surface area contributed by atoms with Gasteiger partial charge in [-0.25, -0.2) is 4.39 Å². The highest BCUT2D eigenvalue weighted by molar-refractivity contribution is 5.84. The van der Waals surface area contributed by atoms with E-state index in [1.54, 1.807) is 19.1 Å². The van der Waals surface area contributed by atoms with Gasteiger partial charge in [0, 0.05) is 0 Å². The van der Waals surface area contributed by atoms with E-state index in [-0.39, 0.29) is 17.9 Å². The summed E-state index contributed by atoms with van der Waals surface area (Å²) >= 11 is 0. The Morgan fingerprint density at radius 2 is 2.05 bits per heavy atom. The number of esters is 1. The van der Waals surface area contributed by atoms with Crippen LogP contribution in [0, 0.1) is 34.4 Å². The van der Waals surface area contributed by atoms with Gasteiger partial charge in [0.2, 0.25) is 0 Å². The van der Waals surface area contributed by atoms with Crippen LogP contribution in [-0.4, -0.2) is 19.7 Å². The molecule has 1 atom stereocenters. The maximum atomic E-state index is 13.9. The van der Waals surface area contributed by atoms with E-state index in [1.807, 2.05) is 0 Å². The summed E-state index contributed by atoms with van der Waals surface area (Å²) in [4.78, 5) is 12.2. The molecule has 0 aliphatic rings. The SMILES string of the molecule is CCOC(=O)[C@@](C)(c1ccc(OC)c(F)c1)C(C#N)C#N. The number of halogens is 1. The van der Waals surface area contributed by atoms with Crippen LogP contribution in [0.3, 0.4) is 0 Å². The molecular weight excluding hydrogens is 275 g/mol. The van der Waals surface area contributed by atoms with Crippen LogP contribution in [0.25, 0.3) is 0 Å². The van der Waals surface area contributed by atoms with E-state index in [9.17, 15) is 9.18 Å². The zero-order valence-electron chi connectivity index (χ0n) is 12.0. The Labute approximate surface area is 122 Å². The maximum Gasteiger partial charge on any atom is 0.318 e. The first kappa shape index (κ1) is 16.5. The van der Waals surface area contributed by atoms with Gasteiger partial charge < -0.3 is 9.47 Å². The molecule has 0 heterocycles. The van der Waals surface area contributed by atoms with E-state index in [0.717, 1.165) is 6.07 Å². The minimum Gasteiger partial charge on any atom is -0.494 e. The van der Waals surface area contributed by atoms with Crippen molar-refractivity contribution in [2.24, 2.45) is 5.92 Å². The second kappa shape index (κ2) is 6.71. The number of carbonyl (C=O) groups is 1. The molecule has 0 aromatic heterocycles. The van der Waals surface area contributed by atoms with Crippen LogP contribution in [0.15, 0.2) is 18.2 Å². The molecule has 0 saturated carbocycles. The van der Waals surface area contributed by atoms with Crippen molar-refractivity contribution in [2.45, 2.75) is 19.3 Å². The number of methoxy groups -OCH3 is 1. The highest BCUT2D eigenvalue weighted by atomic mass is 19.1. The Hall–Kier alpha value is -2.60. The molecular formula is C15H15FN2O3. The minimum atomic E-state index is -1.58. The van der Waals surface area contributed by atoms with Crippen LogP contribution in [0.5, 0.6) is 5.75 Å². The third kappa shape index (κ3) is 2.95. The molecule has 0 radical (unpaired) electrons. The first-order valence-electron chi connectivity index (χ1n) is 6.26. The van der Waals surface area contributed by atoms with Gasteiger partial charge in [-0.05, 0) is 31.5 Å². The van der Waals surface area contributed by atoms with Gasteiger partial charge in [0.05, 0.1) is 25.9 Å². The van der Waals surface area contributed by atoms with Crippen molar-refractivity contribution < 1.29 is 18.7 Å². The van der Waals surface area contributed by atoms with E-state index < -0.39 is 23.1 Å². The molecule has 0 aliphatic heterocycles. The van der Waals surface area contributed by atoms with Gasteiger partial charge >= 0.3 is 5.97 Å². The summed E-state index contributed by atoms with van der Waals surface area (Å²) in [6, 6.07) is 7.39. The standard InChI is InChI=1S/C15H15FN2O3/c1-4-21-14(19)15(2,11(8-17)9-18)10-5-6-13(20-3)12(16)7-10/h5-7,11H,4H2,1-3H3/t15-/m0/s1. The highest BCUT2D eigenvalue weighted by Crippen LogP contribution is 2.35. The number of rotatable bonds is 5. The number of benzene rings is 1. The van der Waals surface area contributed by atoms with Crippen molar-refractivity contribution in [3.63, 3.8) is 0 Å². The lowest BCUT2D eigenvalue weighted by Gasteiger charge is -2.28. The first-order valence-corrected chi connectivity index (χ1v) is 6.26. The van der Waals surface area contributed by atoms with Gasteiger partial charge in [-0.15, -0.1) is 0 Å². The summed E-state index contributed by atoms with van der Waals surface area (Å²) in [5.41, 5.74) is -1.39. The monoisotopic (exact) mass is 290 g/mol. The summed E-state index contributed by atoms with van der Waals surface area (Å²) < 4.78 is 23.6. The molecule has 5 nitrogen and oxygen atoms in total. The number of ether oxygens (including phenoxy) is 2. The molecule has 6 heteroatoms. The Kier molecular flexibility index (Phi) is 5.26. The number of hydrogen-bond acceptors (Lipinski definition) is 5. The molecule has 0 aliphatic carbocycles. The number of carbonyl (C=O) groups excluding carboxylic acids is 1. The van der Waals surface area contributed by atoms with Gasteiger partial charge in [0.25, 0.3) is 0 Å². The van der Waals surface area contributed by atoms with Gasteiger partial charge in [-0.1, -0.05) is 6.07 Å². The van der Waals surface area contributed by atoms with E-state index in [4.69, 9.17) is 20.0 Å². The Morgan fingerprint density at radius 3 is 2.48 bits per heavy atom. The van der Waals surface area contributed by atoms with Gasteiger partial charge in [0.15, 0.2) is 17.5 Å². The van der Waals surface area contributed by atoms with Crippen molar-refractivity contribution >= 4 is 5.97 Å². The van der Waals surface area contributed by atoms with E-state index in [1.165, 1.54) is 26.2 Å². The lowest BCUT2D eigenvalue weighted by atomic mass is 9.72. The topological polar surface area (TPSA) is 83.1 Å². The molecule has 0 bridgehead atoms. The third-order valence-corrected chi connectivity index (χ3v) is 3.29. The van der Waals surface area contributed by atoms with Gasteiger partial charge in [0.1, 0.15) is 5.41 Å². The molecule has 1 aromatic rings. The zero-order valence-corrected chi connectivity index (χ0v) is 12.0. The van der Waals surface area contributed by atoms with Crippen LogP contribution in [-0.2, 0) is 14.9 Å². The summed E-state index contributed by atoms with van der Waals surface area (Å²) in [6.45, 7) is 3.10. The van der Waals surface area contributed by atoms with E-state index in [0.29, 0.717) is 0 Å². The van der Waals surface area contributed by atoms with Crippen molar-refractivity contribution in [1.82, 2.24) is 0 Å². The minimum absolute atomic E-state index is 0.00965. The second-order valence-corrected chi connectivity index (χ2v) is 4.46. The van der Waals surface area contributed by atoms with Gasteiger partial charge in [-0.2, -0.15) is 10.5 Å². The summed E-state index contributed by atoms with van der Waals surface area (Å²) in [5.74, 6) is -2.72. The second-order valence-electron chi connectivity index (χ2n) is 4.46. The number of hydrogen-bond donors (Lipinski definition) is 0. The maximum absolute atomic E-state index is 13.9. The van der Waals surface area contributed by atoms with Crippen molar-refractivity contribution in [2.75, 3.05) is 13.7 Å². The Morgan fingerprint density at radius 1 is 1.43 bits per heavy atom. The molecule has 110 valence electrons. The predicted molar refractivity (Wildman–Crippen MR) is 71.7 cm³/mol. The molecule has 0 spiro atoms. The fraction of sp³-hybridized carbons (Fsp3) is 0.400. The average molecular weight is 290 g/mol. The van der Waals surface area contributed by atoms with Crippen LogP contribution in [0.2, 0.25) is 0 Å². The Bertz CT molecular complexity index is 604. The lowest BCUT2D eigenvalue weighted by Crippen LogP contribution is -2.40. The smallest absolute Gasteiger partial charge is 0.318 e. The van der Waals surface area contributed by atoms with Crippen LogP contribution < -0.4 is 4.74 Å². The van der Waals surface area contributed by atoms with Crippen LogP contribution in [0.1, 0.15) is 19.4 Å². The predicted octanol–water partition coefficient (Wildman–Crippen LogP) is 2.32. The van der Waals surface area contributed by atoms with Gasteiger partial charge in [-0.3, -0.25) is 4.79 Å². The summed E-state index contributed by atoms with van der Waals surface area (Å²) in [5, 5.41) is 18.2. The van der Waals surface area contributed by atoms with Crippen molar-refractivity contribution in [3.8, 4) is 17.9 Å². The molecule has 0 saturated heterocycles. The fourth-order valence-electron chi connectivity index (χ4n) is 1.96. The molecule has 0 N–H and O–H groups in total. The molecule has 21 heavy (non-hydrogen) atoms. The first-order chi connectivity index (χ1) is 9.95. The molecule has 1 aromatic carbocycles.